The van der Waals surface area contributed by atoms with Gasteiger partial charge in [-0.2, -0.15) is 0 Å². The van der Waals surface area contributed by atoms with Crippen molar-refractivity contribution in [2.75, 3.05) is 24.3 Å². The smallest absolute Gasteiger partial charge is 0.339 e. The van der Waals surface area contributed by atoms with E-state index in [2.05, 4.69) is 10.3 Å². The summed E-state index contributed by atoms with van der Waals surface area (Å²) in [5.41, 5.74) is 0.339. The van der Waals surface area contributed by atoms with Crippen molar-refractivity contribution in [2.45, 2.75) is 13.0 Å². The Morgan fingerprint density at radius 1 is 1.33 bits per heavy atom. The fraction of sp³-hybridized carbons (Fsp3) is 0.235. The molecule has 0 fully saturated rings. The Morgan fingerprint density at radius 2 is 2.04 bits per heavy atom. The number of rotatable bonds is 6. The molecular formula is C17H17ClN4O5. The average Bonchev–Trinajstić information content (AvgIpc) is 2.62. The molecule has 0 saturated heterocycles. The molecule has 0 aliphatic rings. The first-order chi connectivity index (χ1) is 12.7. The van der Waals surface area contributed by atoms with Gasteiger partial charge in [0, 0.05) is 26.4 Å². The van der Waals surface area contributed by atoms with E-state index in [1.54, 1.807) is 31.1 Å². The van der Waals surface area contributed by atoms with Crippen molar-refractivity contribution in [1.29, 1.82) is 0 Å². The van der Waals surface area contributed by atoms with E-state index in [0.717, 1.165) is 6.07 Å². The SMILES string of the molecule is CC(OC(=O)c1ccc(N(C)C)c([N+](=O)[O-])c1)C(=O)Nc1cccnc1Cl. The van der Waals surface area contributed by atoms with Gasteiger partial charge in [0.05, 0.1) is 16.2 Å². The molecule has 0 saturated carbocycles. The molecule has 0 radical (unpaired) electrons. The van der Waals surface area contributed by atoms with E-state index in [9.17, 15) is 19.7 Å². The Labute approximate surface area is 160 Å². The predicted molar refractivity (Wildman–Crippen MR) is 100 cm³/mol. The Hall–Kier alpha value is -3.20. The number of anilines is 2. The maximum atomic E-state index is 12.3. The highest BCUT2D eigenvalue weighted by Gasteiger charge is 2.23. The number of carbonyl (C=O) groups excluding carboxylic acids is 2. The first-order valence-corrected chi connectivity index (χ1v) is 8.16. The Bertz CT molecular complexity index is 887. The van der Waals surface area contributed by atoms with Crippen LogP contribution in [0, 0.1) is 10.1 Å². The fourth-order valence-corrected chi connectivity index (χ4v) is 2.34. The van der Waals surface area contributed by atoms with Crippen LogP contribution in [0.25, 0.3) is 0 Å². The molecule has 0 aliphatic carbocycles. The van der Waals surface area contributed by atoms with Gasteiger partial charge in [0.25, 0.3) is 11.6 Å². The maximum Gasteiger partial charge on any atom is 0.339 e. The van der Waals surface area contributed by atoms with E-state index in [1.165, 1.54) is 25.3 Å². The van der Waals surface area contributed by atoms with Gasteiger partial charge in [0.1, 0.15) is 5.69 Å². The van der Waals surface area contributed by atoms with Crippen LogP contribution in [0.15, 0.2) is 36.5 Å². The Balaban J connectivity index is 2.12. The molecule has 0 spiro atoms. The van der Waals surface area contributed by atoms with Crippen LogP contribution >= 0.6 is 11.6 Å². The van der Waals surface area contributed by atoms with E-state index >= 15 is 0 Å². The third-order valence-electron chi connectivity index (χ3n) is 3.56. The molecule has 0 aliphatic heterocycles. The van der Waals surface area contributed by atoms with Crippen LogP contribution in [0.3, 0.4) is 0 Å². The number of nitro groups is 1. The number of esters is 1. The number of amides is 1. The first-order valence-electron chi connectivity index (χ1n) is 7.79. The highest BCUT2D eigenvalue weighted by atomic mass is 35.5. The summed E-state index contributed by atoms with van der Waals surface area (Å²) in [7, 11) is 3.30. The molecule has 142 valence electrons. The van der Waals surface area contributed by atoms with E-state index in [4.69, 9.17) is 16.3 Å². The van der Waals surface area contributed by atoms with E-state index in [-0.39, 0.29) is 22.1 Å². The molecule has 1 amide bonds. The van der Waals surface area contributed by atoms with Crippen molar-refractivity contribution in [3.63, 3.8) is 0 Å². The van der Waals surface area contributed by atoms with Gasteiger partial charge in [-0.3, -0.25) is 14.9 Å². The molecule has 1 aromatic carbocycles. The quantitative estimate of drug-likeness (QED) is 0.348. The van der Waals surface area contributed by atoms with Gasteiger partial charge in [0.15, 0.2) is 11.3 Å². The summed E-state index contributed by atoms with van der Waals surface area (Å²) >= 11 is 5.86. The monoisotopic (exact) mass is 392 g/mol. The average molecular weight is 393 g/mol. The van der Waals surface area contributed by atoms with Crippen LogP contribution in [0.1, 0.15) is 17.3 Å². The number of nitrogens with zero attached hydrogens (tertiary/aromatic N) is 3. The molecule has 2 aromatic rings. The van der Waals surface area contributed by atoms with Gasteiger partial charge in [-0.05, 0) is 31.2 Å². The lowest BCUT2D eigenvalue weighted by molar-refractivity contribution is -0.384. The second kappa shape index (κ2) is 8.45. The van der Waals surface area contributed by atoms with Crippen LogP contribution in [-0.2, 0) is 9.53 Å². The molecule has 1 atom stereocenters. The van der Waals surface area contributed by atoms with Crippen molar-refractivity contribution in [1.82, 2.24) is 4.98 Å². The second-order valence-corrected chi connectivity index (χ2v) is 6.09. The minimum atomic E-state index is -1.15. The number of hydrogen-bond acceptors (Lipinski definition) is 7. The molecule has 27 heavy (non-hydrogen) atoms. The van der Waals surface area contributed by atoms with Crippen molar-refractivity contribution >= 4 is 40.5 Å². The predicted octanol–water partition coefficient (Wildman–Crippen LogP) is 2.89. The molecule has 2 rings (SSSR count). The molecular weight excluding hydrogens is 376 g/mol. The molecule has 0 bridgehead atoms. The summed E-state index contributed by atoms with van der Waals surface area (Å²) in [6.07, 6.45) is 0.313. The van der Waals surface area contributed by atoms with Crippen LogP contribution in [0.2, 0.25) is 5.15 Å². The lowest BCUT2D eigenvalue weighted by Crippen LogP contribution is -2.30. The van der Waals surface area contributed by atoms with Crippen molar-refractivity contribution in [3.05, 3.63) is 57.4 Å². The number of pyridine rings is 1. The van der Waals surface area contributed by atoms with Crippen molar-refractivity contribution < 1.29 is 19.2 Å². The standard InChI is InChI=1S/C17H17ClN4O5/c1-10(16(23)20-12-5-4-8-19-15(12)18)27-17(24)11-6-7-13(21(2)3)14(9-11)22(25)26/h4-10H,1-3H3,(H,20,23). The van der Waals surface area contributed by atoms with Crippen LogP contribution in [0.4, 0.5) is 17.1 Å². The molecule has 1 unspecified atom stereocenters. The zero-order valence-corrected chi connectivity index (χ0v) is 15.6. The summed E-state index contributed by atoms with van der Waals surface area (Å²) in [5.74, 6) is -1.47. The largest absolute Gasteiger partial charge is 0.449 e. The number of aromatic nitrogens is 1. The van der Waals surface area contributed by atoms with Gasteiger partial charge in [-0.15, -0.1) is 0 Å². The molecule has 9 nitrogen and oxygen atoms in total. The van der Waals surface area contributed by atoms with E-state index < -0.39 is 22.9 Å². The normalized spacial score (nSPS) is 11.4. The van der Waals surface area contributed by atoms with Gasteiger partial charge >= 0.3 is 5.97 Å². The highest BCUT2D eigenvalue weighted by Crippen LogP contribution is 2.28. The lowest BCUT2D eigenvalue weighted by atomic mass is 10.1. The van der Waals surface area contributed by atoms with Crippen LogP contribution in [-0.4, -0.2) is 42.0 Å². The third-order valence-corrected chi connectivity index (χ3v) is 3.86. The van der Waals surface area contributed by atoms with Gasteiger partial charge in [0.2, 0.25) is 0 Å². The van der Waals surface area contributed by atoms with Gasteiger partial charge in [-0.1, -0.05) is 11.6 Å². The zero-order valence-electron chi connectivity index (χ0n) is 14.8. The van der Waals surface area contributed by atoms with Crippen molar-refractivity contribution in [3.8, 4) is 0 Å². The summed E-state index contributed by atoms with van der Waals surface area (Å²) in [6, 6.07) is 7.08. The number of hydrogen-bond donors (Lipinski definition) is 1. The highest BCUT2D eigenvalue weighted by molar-refractivity contribution is 6.32. The maximum absolute atomic E-state index is 12.3. The summed E-state index contributed by atoms with van der Waals surface area (Å²) in [4.78, 5) is 40.4. The number of nitro benzene ring substituents is 1. The van der Waals surface area contributed by atoms with E-state index in [0.29, 0.717) is 5.69 Å². The zero-order chi connectivity index (χ0) is 20.1. The van der Waals surface area contributed by atoms with Crippen LogP contribution in [0.5, 0.6) is 0 Å². The summed E-state index contributed by atoms with van der Waals surface area (Å²) < 4.78 is 5.09. The number of halogens is 1. The fourth-order valence-electron chi connectivity index (χ4n) is 2.17. The van der Waals surface area contributed by atoms with E-state index in [1.807, 2.05) is 0 Å². The second-order valence-electron chi connectivity index (χ2n) is 5.73. The molecule has 1 heterocycles. The third kappa shape index (κ3) is 4.91. The minimum Gasteiger partial charge on any atom is -0.449 e. The molecule has 1 N–H and O–H groups in total. The first kappa shape index (κ1) is 20.1. The summed E-state index contributed by atoms with van der Waals surface area (Å²) in [5, 5.41) is 13.8. The summed E-state index contributed by atoms with van der Waals surface area (Å²) in [6.45, 7) is 1.38. The number of benzene rings is 1. The van der Waals surface area contributed by atoms with Crippen molar-refractivity contribution in [2.24, 2.45) is 0 Å². The molecule has 10 heteroatoms. The Kier molecular flexibility index (Phi) is 6.30. The van der Waals surface area contributed by atoms with Gasteiger partial charge in [-0.25, -0.2) is 9.78 Å². The topological polar surface area (TPSA) is 115 Å². The van der Waals surface area contributed by atoms with Crippen LogP contribution < -0.4 is 10.2 Å². The Morgan fingerprint density at radius 3 is 2.63 bits per heavy atom. The number of carbonyl (C=O) groups is 2. The number of nitrogens with one attached hydrogen (secondary N) is 1. The molecule has 1 aromatic heterocycles. The number of ether oxygens (including phenoxy) is 1. The lowest BCUT2D eigenvalue weighted by Gasteiger charge is -2.15. The van der Waals surface area contributed by atoms with Gasteiger partial charge < -0.3 is 15.0 Å². The minimum absolute atomic E-state index is 0.0358.